The number of phenolic OH excluding ortho intramolecular Hbond substituents is 1. The Balaban J connectivity index is 1.90. The normalized spacial score (nSPS) is 13.4. The molecule has 13 heteroatoms. The zero-order valence-corrected chi connectivity index (χ0v) is 27.7. The van der Waals surface area contributed by atoms with Gasteiger partial charge in [-0.05, 0) is 62.8 Å². The molecule has 11 nitrogen and oxygen atoms in total. The van der Waals surface area contributed by atoms with E-state index in [0.29, 0.717) is 23.5 Å². The van der Waals surface area contributed by atoms with Crippen molar-refractivity contribution in [2.75, 3.05) is 58.3 Å². The molecule has 48 heavy (non-hydrogen) atoms. The van der Waals surface area contributed by atoms with Crippen LogP contribution >= 0.6 is 0 Å². The van der Waals surface area contributed by atoms with Gasteiger partial charge in [0.15, 0.2) is 11.5 Å². The summed E-state index contributed by atoms with van der Waals surface area (Å²) in [4.78, 5) is 55.7. The fourth-order valence-corrected chi connectivity index (χ4v) is 5.98. The number of amides is 2. The molecule has 1 aliphatic heterocycles. The van der Waals surface area contributed by atoms with Crippen LogP contribution in [0.15, 0.2) is 54.0 Å². The van der Waals surface area contributed by atoms with Gasteiger partial charge in [0.2, 0.25) is 5.91 Å². The largest absolute Gasteiger partial charge is 0.507 e. The molecule has 1 saturated heterocycles. The maximum absolute atomic E-state index is 16.2. The fourth-order valence-electron chi connectivity index (χ4n) is 5.98. The van der Waals surface area contributed by atoms with Crippen LogP contribution < -0.4 is 15.8 Å². The number of hydrogen-bond donors (Lipinski definition) is 2. The van der Waals surface area contributed by atoms with Gasteiger partial charge in [0.1, 0.15) is 22.8 Å². The zero-order chi connectivity index (χ0) is 34.9. The number of aromatic hydroxyl groups is 1. The Morgan fingerprint density at radius 1 is 1.10 bits per heavy atom. The van der Waals surface area contributed by atoms with E-state index >= 15 is 8.78 Å². The Morgan fingerprint density at radius 3 is 2.44 bits per heavy atom. The standard InChI is InChI=1S/C35H39F2N7O4/c1-7-26(46)42-15-17-43(18-16-42)32-22-19-24(37)30(27-23(36)9-8-10-25(27)45)40-33(22)44(31-21(4)11-12-38-29(31)20(2)3)35(48)28(32)34(47)39-13-14-41(5)6/h7-12,19-20,45H,1,13-18H2,2-6H3,(H,39,47). The van der Waals surface area contributed by atoms with Gasteiger partial charge in [-0.15, -0.1) is 0 Å². The number of fused-ring (bicyclic) bond motifs is 1. The third-order valence-electron chi connectivity index (χ3n) is 8.38. The van der Waals surface area contributed by atoms with Crippen molar-refractivity contribution in [2.24, 2.45) is 0 Å². The average Bonchev–Trinajstić information content (AvgIpc) is 3.04. The van der Waals surface area contributed by atoms with Crippen molar-refractivity contribution in [3.63, 3.8) is 0 Å². The van der Waals surface area contributed by atoms with Crippen molar-refractivity contribution in [2.45, 2.75) is 26.7 Å². The molecular formula is C35H39F2N7O4. The van der Waals surface area contributed by atoms with Gasteiger partial charge in [-0.3, -0.25) is 23.9 Å². The average molecular weight is 660 g/mol. The molecule has 0 bridgehead atoms. The number of aryl methyl sites for hydroxylation is 1. The Hall–Kier alpha value is -5.17. The number of hydrogen-bond acceptors (Lipinski definition) is 8. The van der Waals surface area contributed by atoms with Crippen LogP contribution in [0.2, 0.25) is 0 Å². The number of carbonyl (C=O) groups excluding carboxylic acids is 2. The van der Waals surface area contributed by atoms with E-state index in [0.717, 1.165) is 12.1 Å². The van der Waals surface area contributed by atoms with Crippen LogP contribution in [0, 0.1) is 18.6 Å². The molecule has 0 saturated carbocycles. The number of pyridine rings is 3. The summed E-state index contributed by atoms with van der Waals surface area (Å²) in [6.45, 7) is 10.8. The number of carbonyl (C=O) groups is 2. The molecule has 1 fully saturated rings. The molecule has 0 radical (unpaired) electrons. The zero-order valence-electron chi connectivity index (χ0n) is 27.7. The molecule has 0 atom stereocenters. The Morgan fingerprint density at radius 2 is 1.81 bits per heavy atom. The van der Waals surface area contributed by atoms with Gasteiger partial charge in [0.05, 0.1) is 22.6 Å². The van der Waals surface area contributed by atoms with E-state index in [4.69, 9.17) is 0 Å². The molecule has 1 aliphatic rings. The molecule has 1 aromatic carbocycles. The van der Waals surface area contributed by atoms with E-state index in [1.807, 2.05) is 32.8 Å². The lowest BCUT2D eigenvalue weighted by Gasteiger charge is -2.37. The Bertz CT molecular complexity index is 1950. The lowest BCUT2D eigenvalue weighted by Crippen LogP contribution is -2.49. The number of piperazine rings is 1. The third kappa shape index (κ3) is 6.37. The first-order valence-electron chi connectivity index (χ1n) is 15.7. The van der Waals surface area contributed by atoms with E-state index in [1.54, 1.807) is 29.0 Å². The lowest BCUT2D eigenvalue weighted by atomic mass is 10.0. The van der Waals surface area contributed by atoms with Gasteiger partial charge in [0, 0.05) is 50.9 Å². The molecule has 4 aromatic rings. The van der Waals surface area contributed by atoms with Gasteiger partial charge in [-0.1, -0.05) is 26.5 Å². The minimum atomic E-state index is -0.972. The summed E-state index contributed by atoms with van der Waals surface area (Å²) in [6, 6.07) is 6.41. The van der Waals surface area contributed by atoms with Crippen LogP contribution in [0.25, 0.3) is 28.0 Å². The number of benzene rings is 1. The SMILES string of the molecule is C=CC(=O)N1CCN(c2c(C(=O)NCCN(C)C)c(=O)n(-c3c(C)ccnc3C(C)C)c3nc(-c4c(O)cccc4F)c(F)cc23)CC1. The highest BCUT2D eigenvalue weighted by molar-refractivity contribution is 6.08. The minimum Gasteiger partial charge on any atom is -0.507 e. The van der Waals surface area contributed by atoms with Crippen LogP contribution in [0.4, 0.5) is 14.5 Å². The Kier molecular flexibility index (Phi) is 9.90. The molecule has 0 spiro atoms. The molecule has 2 amide bonds. The van der Waals surface area contributed by atoms with E-state index in [1.165, 1.54) is 22.8 Å². The van der Waals surface area contributed by atoms with Gasteiger partial charge < -0.3 is 25.1 Å². The van der Waals surface area contributed by atoms with Gasteiger partial charge in [-0.2, -0.15) is 0 Å². The van der Waals surface area contributed by atoms with Crippen LogP contribution in [-0.2, 0) is 4.79 Å². The van der Waals surface area contributed by atoms with Crippen LogP contribution in [0.1, 0.15) is 41.4 Å². The number of nitrogens with one attached hydrogen (secondary N) is 1. The minimum absolute atomic E-state index is 0.0542. The molecular weight excluding hydrogens is 620 g/mol. The van der Waals surface area contributed by atoms with Crippen LogP contribution in [-0.4, -0.2) is 94.6 Å². The van der Waals surface area contributed by atoms with Gasteiger partial charge in [-0.25, -0.2) is 13.8 Å². The molecule has 3 aromatic heterocycles. The number of anilines is 1. The number of likely N-dealkylation sites (N-methyl/N-ethyl adjacent to an activating group) is 1. The van der Waals surface area contributed by atoms with Crippen molar-refractivity contribution < 1.29 is 23.5 Å². The van der Waals surface area contributed by atoms with Crippen molar-refractivity contribution in [1.29, 1.82) is 0 Å². The van der Waals surface area contributed by atoms with Crippen molar-refractivity contribution in [1.82, 2.24) is 29.7 Å². The smallest absolute Gasteiger partial charge is 0.271 e. The lowest BCUT2D eigenvalue weighted by molar-refractivity contribution is -0.126. The number of rotatable bonds is 9. The maximum Gasteiger partial charge on any atom is 0.271 e. The van der Waals surface area contributed by atoms with Gasteiger partial charge in [0.25, 0.3) is 11.5 Å². The molecule has 0 aliphatic carbocycles. The first-order chi connectivity index (χ1) is 22.8. The van der Waals surface area contributed by atoms with E-state index < -0.39 is 40.1 Å². The monoisotopic (exact) mass is 659 g/mol. The van der Waals surface area contributed by atoms with E-state index in [2.05, 4.69) is 21.9 Å². The number of aromatic nitrogens is 3. The second-order valence-corrected chi connectivity index (χ2v) is 12.3. The second-order valence-electron chi connectivity index (χ2n) is 12.3. The first kappa shape index (κ1) is 34.2. The molecule has 2 N–H and O–H groups in total. The topological polar surface area (TPSA) is 124 Å². The molecule has 4 heterocycles. The van der Waals surface area contributed by atoms with Crippen molar-refractivity contribution in [3.05, 3.63) is 88.0 Å². The van der Waals surface area contributed by atoms with Crippen LogP contribution in [0.3, 0.4) is 0 Å². The maximum atomic E-state index is 16.2. The predicted molar refractivity (Wildman–Crippen MR) is 181 cm³/mol. The van der Waals surface area contributed by atoms with E-state index in [9.17, 15) is 19.5 Å². The third-order valence-corrected chi connectivity index (χ3v) is 8.38. The summed E-state index contributed by atoms with van der Waals surface area (Å²) in [5.41, 5.74) is -0.314. The van der Waals surface area contributed by atoms with Crippen molar-refractivity contribution in [3.8, 4) is 22.7 Å². The summed E-state index contributed by atoms with van der Waals surface area (Å²) in [6.07, 6.45) is 2.84. The number of halogens is 2. The fraction of sp³-hybridized carbons (Fsp3) is 0.343. The Labute approximate surface area is 277 Å². The highest BCUT2D eigenvalue weighted by Gasteiger charge is 2.32. The highest BCUT2D eigenvalue weighted by Crippen LogP contribution is 2.38. The summed E-state index contributed by atoms with van der Waals surface area (Å²) in [5.74, 6) is -3.51. The summed E-state index contributed by atoms with van der Waals surface area (Å²) in [5, 5.41) is 13.6. The summed E-state index contributed by atoms with van der Waals surface area (Å²) < 4.78 is 32.6. The molecule has 252 valence electrons. The first-order valence-corrected chi connectivity index (χ1v) is 15.7. The summed E-state index contributed by atoms with van der Waals surface area (Å²) in [7, 11) is 3.70. The van der Waals surface area contributed by atoms with Crippen molar-refractivity contribution >= 4 is 28.5 Å². The van der Waals surface area contributed by atoms with E-state index in [-0.39, 0.29) is 66.8 Å². The van der Waals surface area contributed by atoms with Gasteiger partial charge >= 0.3 is 0 Å². The molecule has 5 rings (SSSR count). The quantitative estimate of drug-likeness (QED) is 0.259. The second kappa shape index (κ2) is 13.9. The number of nitrogens with zero attached hydrogens (tertiary/aromatic N) is 6. The summed E-state index contributed by atoms with van der Waals surface area (Å²) >= 11 is 0. The predicted octanol–water partition coefficient (Wildman–Crippen LogP) is 3.99. The van der Waals surface area contributed by atoms with Crippen LogP contribution in [0.5, 0.6) is 5.75 Å². The number of phenols is 1. The molecule has 0 unspecified atom stereocenters. The highest BCUT2D eigenvalue weighted by atomic mass is 19.1.